The number of rotatable bonds is 2. The zero-order chi connectivity index (χ0) is 11.7. The number of hydrogen-bond donors (Lipinski definition) is 0. The van der Waals surface area contributed by atoms with Gasteiger partial charge in [-0.05, 0) is 30.4 Å². The smallest absolute Gasteiger partial charge is 0.242 e. The molecule has 3 nitrogen and oxygen atoms in total. The summed E-state index contributed by atoms with van der Waals surface area (Å²) in [5.74, 6) is -1.34. The molecule has 1 amide bonds. The molecule has 0 saturated heterocycles. The molecule has 1 unspecified atom stereocenters. The van der Waals surface area contributed by atoms with E-state index in [0.717, 1.165) is 0 Å². The van der Waals surface area contributed by atoms with Gasteiger partial charge in [0.2, 0.25) is 11.0 Å². The van der Waals surface area contributed by atoms with Crippen molar-refractivity contribution in [3.05, 3.63) is 36.7 Å². The van der Waals surface area contributed by atoms with Gasteiger partial charge in [-0.2, -0.15) is 0 Å². The van der Waals surface area contributed by atoms with Crippen molar-refractivity contribution in [1.29, 1.82) is 0 Å². The number of aliphatic imine (C=N–C) groups is 1. The highest BCUT2D eigenvalue weighted by Crippen LogP contribution is 2.22. The van der Waals surface area contributed by atoms with Crippen LogP contribution in [0.4, 0.5) is 4.39 Å². The zero-order valence-electron chi connectivity index (χ0n) is 8.39. The summed E-state index contributed by atoms with van der Waals surface area (Å²) in [6, 6.07) is 0. The Balaban J connectivity index is 2.39. The van der Waals surface area contributed by atoms with Gasteiger partial charge in [-0.15, -0.1) is 6.58 Å². The average molecular weight is 236 g/mol. The number of carbonyl (C=O) groups excluding carboxylic acids is 1. The van der Waals surface area contributed by atoms with E-state index in [1.807, 2.05) is 0 Å². The highest BCUT2D eigenvalue weighted by atomic mass is 32.1. The normalized spacial score (nSPS) is 23.8. The fourth-order valence-corrected chi connectivity index (χ4v) is 1.87. The maximum absolute atomic E-state index is 13.0. The topological polar surface area (TPSA) is 32.7 Å². The molecule has 0 bridgehead atoms. The molecule has 1 aliphatic heterocycles. The quantitative estimate of drug-likeness (QED) is 0.541. The first-order chi connectivity index (χ1) is 7.63. The van der Waals surface area contributed by atoms with E-state index in [4.69, 9.17) is 12.2 Å². The van der Waals surface area contributed by atoms with E-state index >= 15 is 0 Å². The molecule has 5 heteroatoms. The summed E-state index contributed by atoms with van der Waals surface area (Å²) in [6.45, 7) is 3.83. The lowest BCUT2D eigenvalue weighted by Crippen LogP contribution is -2.46. The molecule has 16 heavy (non-hydrogen) atoms. The number of allylic oxidation sites excluding steroid dienone is 3. The second-order valence-corrected chi connectivity index (χ2v) is 3.78. The van der Waals surface area contributed by atoms with Crippen LogP contribution >= 0.6 is 12.2 Å². The van der Waals surface area contributed by atoms with Gasteiger partial charge in [-0.1, -0.05) is 6.08 Å². The molecular weight excluding hydrogens is 227 g/mol. The van der Waals surface area contributed by atoms with E-state index in [-0.39, 0.29) is 11.0 Å². The lowest BCUT2D eigenvalue weighted by molar-refractivity contribution is -0.128. The van der Waals surface area contributed by atoms with Crippen LogP contribution in [0.2, 0.25) is 0 Å². The minimum absolute atomic E-state index is 0.205. The lowest BCUT2D eigenvalue weighted by Gasteiger charge is -2.29. The Kier molecular flexibility index (Phi) is 2.78. The van der Waals surface area contributed by atoms with Crippen LogP contribution in [-0.4, -0.2) is 28.2 Å². The van der Waals surface area contributed by atoms with Crippen molar-refractivity contribution in [2.75, 3.05) is 6.54 Å². The van der Waals surface area contributed by atoms with Crippen molar-refractivity contribution in [2.24, 2.45) is 10.9 Å². The van der Waals surface area contributed by atoms with E-state index in [1.165, 1.54) is 23.1 Å². The number of amides is 1. The number of thiocarbonyl (C=S) groups is 1. The molecule has 0 saturated carbocycles. The molecule has 0 spiro atoms. The third-order valence-electron chi connectivity index (χ3n) is 2.36. The molecule has 0 aromatic rings. The largest absolute Gasteiger partial charge is 0.283 e. The third-order valence-corrected chi connectivity index (χ3v) is 2.67. The fourth-order valence-electron chi connectivity index (χ4n) is 1.60. The Morgan fingerprint density at radius 2 is 2.38 bits per heavy atom. The Hall–Kier alpha value is -1.62. The van der Waals surface area contributed by atoms with Crippen molar-refractivity contribution in [2.45, 2.75) is 0 Å². The summed E-state index contributed by atoms with van der Waals surface area (Å²) in [4.78, 5) is 17.4. The van der Waals surface area contributed by atoms with Crippen molar-refractivity contribution in [3.8, 4) is 0 Å². The number of fused-ring (bicyclic) bond motifs is 1. The van der Waals surface area contributed by atoms with Gasteiger partial charge in [-0.25, -0.2) is 9.38 Å². The molecule has 2 rings (SSSR count). The number of hydrogen-bond acceptors (Lipinski definition) is 2. The van der Waals surface area contributed by atoms with Crippen molar-refractivity contribution in [3.63, 3.8) is 0 Å². The molecule has 0 N–H and O–H groups in total. The van der Waals surface area contributed by atoms with Gasteiger partial charge >= 0.3 is 0 Å². The Labute approximate surface area is 97.6 Å². The molecular formula is C11H9FN2OS. The number of carbonyl (C=O) groups is 1. The first-order valence-corrected chi connectivity index (χ1v) is 5.14. The van der Waals surface area contributed by atoms with E-state index < -0.39 is 11.7 Å². The molecule has 1 heterocycles. The van der Waals surface area contributed by atoms with Gasteiger partial charge in [0.25, 0.3) is 0 Å². The van der Waals surface area contributed by atoms with Crippen LogP contribution in [0, 0.1) is 5.92 Å². The van der Waals surface area contributed by atoms with E-state index in [1.54, 1.807) is 6.08 Å². The Morgan fingerprint density at radius 1 is 1.62 bits per heavy atom. The van der Waals surface area contributed by atoms with Gasteiger partial charge in [0, 0.05) is 6.54 Å². The second-order valence-electron chi connectivity index (χ2n) is 3.42. The van der Waals surface area contributed by atoms with Crippen LogP contribution in [0.15, 0.2) is 41.7 Å². The lowest BCUT2D eigenvalue weighted by atomic mass is 9.95. The molecule has 2 aliphatic rings. The predicted octanol–water partition coefficient (Wildman–Crippen LogP) is 1.78. The molecule has 0 radical (unpaired) electrons. The highest BCUT2D eigenvalue weighted by Gasteiger charge is 2.34. The van der Waals surface area contributed by atoms with Gasteiger partial charge in [0.05, 0.1) is 5.71 Å². The SMILES string of the molecule is C=CCN1C(=O)C2C=C(F)C=CC2=NC1=S. The van der Waals surface area contributed by atoms with Crippen LogP contribution in [0.5, 0.6) is 0 Å². The fraction of sp³-hybridized carbons (Fsp3) is 0.182. The molecule has 1 atom stereocenters. The van der Waals surface area contributed by atoms with Crippen molar-refractivity contribution in [1.82, 2.24) is 4.90 Å². The number of nitrogens with zero attached hydrogens (tertiary/aromatic N) is 2. The Bertz CT molecular complexity index is 465. The van der Waals surface area contributed by atoms with E-state index in [0.29, 0.717) is 12.3 Å². The van der Waals surface area contributed by atoms with Gasteiger partial charge in [0.1, 0.15) is 11.7 Å². The minimum Gasteiger partial charge on any atom is -0.283 e. The average Bonchev–Trinajstić information content (AvgIpc) is 2.26. The maximum atomic E-state index is 13.0. The minimum atomic E-state index is -0.656. The van der Waals surface area contributed by atoms with Gasteiger partial charge in [0.15, 0.2) is 0 Å². The molecule has 82 valence electrons. The van der Waals surface area contributed by atoms with E-state index in [9.17, 15) is 9.18 Å². The predicted molar refractivity (Wildman–Crippen MR) is 63.8 cm³/mol. The van der Waals surface area contributed by atoms with Crippen LogP contribution in [0.1, 0.15) is 0 Å². The van der Waals surface area contributed by atoms with Gasteiger partial charge < -0.3 is 0 Å². The zero-order valence-corrected chi connectivity index (χ0v) is 9.21. The summed E-state index contributed by atoms with van der Waals surface area (Å²) in [7, 11) is 0. The van der Waals surface area contributed by atoms with Crippen LogP contribution in [0.3, 0.4) is 0 Å². The maximum Gasteiger partial charge on any atom is 0.242 e. The number of halogens is 1. The standard InChI is InChI=1S/C11H9FN2OS/c1-2-5-14-10(15)8-6-7(12)3-4-9(8)13-11(14)16/h2-4,6,8H,1,5H2. The van der Waals surface area contributed by atoms with E-state index in [2.05, 4.69) is 11.6 Å². The molecule has 1 aliphatic carbocycles. The summed E-state index contributed by atoms with van der Waals surface area (Å²) in [5.41, 5.74) is 0.497. The van der Waals surface area contributed by atoms with Crippen LogP contribution < -0.4 is 0 Å². The highest BCUT2D eigenvalue weighted by molar-refractivity contribution is 7.80. The summed E-state index contributed by atoms with van der Waals surface area (Å²) in [5, 5.41) is 0.205. The molecule has 0 aromatic carbocycles. The van der Waals surface area contributed by atoms with Gasteiger partial charge in [-0.3, -0.25) is 9.69 Å². The first kappa shape index (κ1) is 10.9. The molecule has 0 aromatic heterocycles. The third kappa shape index (κ3) is 1.74. The summed E-state index contributed by atoms with van der Waals surface area (Å²) in [6.07, 6.45) is 5.56. The summed E-state index contributed by atoms with van der Waals surface area (Å²) >= 11 is 4.99. The first-order valence-electron chi connectivity index (χ1n) is 4.73. The van der Waals surface area contributed by atoms with Crippen molar-refractivity contribution >= 4 is 28.9 Å². The Morgan fingerprint density at radius 3 is 3.06 bits per heavy atom. The monoisotopic (exact) mass is 236 g/mol. The van der Waals surface area contributed by atoms with Crippen LogP contribution in [-0.2, 0) is 4.79 Å². The van der Waals surface area contributed by atoms with Crippen molar-refractivity contribution < 1.29 is 9.18 Å². The summed E-state index contributed by atoms with van der Waals surface area (Å²) < 4.78 is 13.0. The molecule has 0 fully saturated rings. The van der Waals surface area contributed by atoms with Crippen LogP contribution in [0.25, 0.3) is 0 Å². The second kappa shape index (κ2) is 4.09.